The third-order valence-corrected chi connectivity index (χ3v) is 3.19. The summed E-state index contributed by atoms with van der Waals surface area (Å²) in [5.74, 6) is -1.22. The molecule has 1 N–H and O–H groups in total. The molecule has 0 spiro atoms. The molecule has 1 saturated heterocycles. The second kappa shape index (κ2) is 5.49. The van der Waals surface area contributed by atoms with Crippen molar-refractivity contribution in [2.45, 2.75) is 6.10 Å². The van der Waals surface area contributed by atoms with Crippen molar-refractivity contribution in [2.75, 3.05) is 19.7 Å². The Labute approximate surface area is 112 Å². The largest absolute Gasteiger partial charge is 0.479 e. The molecule has 1 fully saturated rings. The van der Waals surface area contributed by atoms with Gasteiger partial charge in [0.2, 0.25) is 0 Å². The Balaban J connectivity index is 2.11. The zero-order chi connectivity index (χ0) is 13.1. The number of ether oxygens (including phenoxy) is 1. The second-order valence-corrected chi connectivity index (χ2v) is 4.87. The molecular formula is C12H12BrNO4. The van der Waals surface area contributed by atoms with Crippen LogP contribution in [-0.2, 0) is 9.53 Å². The van der Waals surface area contributed by atoms with Crippen molar-refractivity contribution in [1.82, 2.24) is 4.90 Å². The highest BCUT2D eigenvalue weighted by Crippen LogP contribution is 2.15. The average Bonchev–Trinajstić information content (AvgIpc) is 2.38. The van der Waals surface area contributed by atoms with Crippen molar-refractivity contribution in [3.05, 3.63) is 34.3 Å². The van der Waals surface area contributed by atoms with Gasteiger partial charge in [0, 0.05) is 16.6 Å². The highest BCUT2D eigenvalue weighted by molar-refractivity contribution is 9.10. The SMILES string of the molecule is O=C(O)C1CN(C(=O)c2cccc(Br)c2)CCO1. The molecule has 2 rings (SSSR count). The second-order valence-electron chi connectivity index (χ2n) is 3.96. The van der Waals surface area contributed by atoms with Gasteiger partial charge in [-0.15, -0.1) is 0 Å². The molecule has 6 heteroatoms. The highest BCUT2D eigenvalue weighted by Gasteiger charge is 2.29. The Morgan fingerprint density at radius 2 is 2.22 bits per heavy atom. The fourth-order valence-corrected chi connectivity index (χ4v) is 2.19. The molecule has 96 valence electrons. The lowest BCUT2D eigenvalue weighted by atomic mass is 10.1. The number of rotatable bonds is 2. The first kappa shape index (κ1) is 13.0. The predicted molar refractivity (Wildman–Crippen MR) is 67.4 cm³/mol. The van der Waals surface area contributed by atoms with Gasteiger partial charge >= 0.3 is 5.97 Å². The van der Waals surface area contributed by atoms with Gasteiger partial charge < -0.3 is 14.7 Å². The van der Waals surface area contributed by atoms with E-state index >= 15 is 0 Å². The number of morpholine rings is 1. The zero-order valence-corrected chi connectivity index (χ0v) is 11.1. The minimum Gasteiger partial charge on any atom is -0.479 e. The molecule has 1 unspecified atom stereocenters. The molecule has 0 radical (unpaired) electrons. The number of aliphatic carboxylic acids is 1. The van der Waals surface area contributed by atoms with Crippen molar-refractivity contribution < 1.29 is 19.4 Å². The number of nitrogens with zero attached hydrogens (tertiary/aromatic N) is 1. The van der Waals surface area contributed by atoms with Crippen LogP contribution in [0.4, 0.5) is 0 Å². The summed E-state index contributed by atoms with van der Waals surface area (Å²) in [5.41, 5.74) is 0.537. The molecule has 1 aromatic carbocycles. The normalized spacial score (nSPS) is 19.6. The van der Waals surface area contributed by atoms with Gasteiger partial charge in [-0.25, -0.2) is 4.79 Å². The number of hydrogen-bond acceptors (Lipinski definition) is 3. The monoisotopic (exact) mass is 313 g/mol. The fraction of sp³-hybridized carbons (Fsp3) is 0.333. The Bertz CT molecular complexity index is 477. The summed E-state index contributed by atoms with van der Waals surface area (Å²) in [5, 5.41) is 8.88. The third kappa shape index (κ3) is 2.88. The molecule has 1 heterocycles. The number of carboxylic acid groups (broad SMARTS) is 1. The van der Waals surface area contributed by atoms with E-state index in [4.69, 9.17) is 9.84 Å². The van der Waals surface area contributed by atoms with Crippen LogP contribution in [0.15, 0.2) is 28.7 Å². The van der Waals surface area contributed by atoms with E-state index in [1.807, 2.05) is 6.07 Å². The predicted octanol–water partition coefficient (Wildman–Crippen LogP) is 1.37. The maximum Gasteiger partial charge on any atom is 0.334 e. The Kier molecular flexibility index (Phi) is 3.98. The summed E-state index contributed by atoms with van der Waals surface area (Å²) >= 11 is 3.30. The molecule has 1 aliphatic rings. The van der Waals surface area contributed by atoms with E-state index in [9.17, 15) is 9.59 Å². The molecule has 0 aromatic heterocycles. The molecule has 0 aliphatic carbocycles. The first-order valence-electron chi connectivity index (χ1n) is 5.47. The van der Waals surface area contributed by atoms with Gasteiger partial charge in [-0.3, -0.25) is 4.79 Å². The van der Waals surface area contributed by atoms with Crippen LogP contribution in [0.3, 0.4) is 0 Å². The van der Waals surface area contributed by atoms with E-state index in [1.165, 1.54) is 4.90 Å². The average molecular weight is 314 g/mol. The Morgan fingerprint density at radius 1 is 1.44 bits per heavy atom. The standard InChI is InChI=1S/C12H12BrNO4/c13-9-3-1-2-8(6-9)11(15)14-4-5-18-10(7-14)12(16)17/h1-3,6,10H,4-5,7H2,(H,16,17). The molecule has 1 amide bonds. The minimum absolute atomic E-state index is 0.0840. The van der Waals surface area contributed by atoms with E-state index in [-0.39, 0.29) is 19.1 Å². The molecular weight excluding hydrogens is 302 g/mol. The quantitative estimate of drug-likeness (QED) is 0.895. The van der Waals surface area contributed by atoms with Crippen LogP contribution in [0.2, 0.25) is 0 Å². The maximum atomic E-state index is 12.2. The molecule has 0 saturated carbocycles. The van der Waals surface area contributed by atoms with Crippen molar-refractivity contribution in [1.29, 1.82) is 0 Å². The summed E-state index contributed by atoms with van der Waals surface area (Å²) in [6.07, 6.45) is -0.935. The van der Waals surface area contributed by atoms with Crippen LogP contribution >= 0.6 is 15.9 Å². The molecule has 1 aromatic rings. The topological polar surface area (TPSA) is 66.8 Å². The summed E-state index contributed by atoms with van der Waals surface area (Å²) < 4.78 is 5.89. The lowest BCUT2D eigenvalue weighted by molar-refractivity contribution is -0.154. The number of carboxylic acids is 1. The zero-order valence-electron chi connectivity index (χ0n) is 9.51. The first-order chi connectivity index (χ1) is 8.58. The molecule has 18 heavy (non-hydrogen) atoms. The third-order valence-electron chi connectivity index (χ3n) is 2.70. The smallest absolute Gasteiger partial charge is 0.334 e. The van der Waals surface area contributed by atoms with E-state index in [0.717, 1.165) is 4.47 Å². The van der Waals surface area contributed by atoms with E-state index < -0.39 is 12.1 Å². The number of amides is 1. The number of halogens is 1. The van der Waals surface area contributed by atoms with E-state index in [1.54, 1.807) is 18.2 Å². The van der Waals surface area contributed by atoms with Crippen LogP contribution in [-0.4, -0.2) is 47.7 Å². The van der Waals surface area contributed by atoms with Crippen LogP contribution in [0.25, 0.3) is 0 Å². The lowest BCUT2D eigenvalue weighted by Crippen LogP contribution is -2.48. The van der Waals surface area contributed by atoms with Crippen LogP contribution in [0.5, 0.6) is 0 Å². The maximum absolute atomic E-state index is 12.2. The van der Waals surface area contributed by atoms with E-state index in [2.05, 4.69) is 15.9 Å². The van der Waals surface area contributed by atoms with Gasteiger partial charge in [-0.1, -0.05) is 22.0 Å². The number of hydrogen-bond donors (Lipinski definition) is 1. The number of carbonyl (C=O) groups excluding carboxylic acids is 1. The van der Waals surface area contributed by atoms with Gasteiger partial charge in [-0.2, -0.15) is 0 Å². The summed E-state index contributed by atoms with van der Waals surface area (Å²) in [6, 6.07) is 7.02. The molecule has 1 aliphatic heterocycles. The summed E-state index contributed by atoms with van der Waals surface area (Å²) in [4.78, 5) is 24.5. The van der Waals surface area contributed by atoms with Crippen LogP contribution in [0.1, 0.15) is 10.4 Å². The van der Waals surface area contributed by atoms with Crippen molar-refractivity contribution in [2.24, 2.45) is 0 Å². The summed E-state index contributed by atoms with van der Waals surface area (Å²) in [7, 11) is 0. The van der Waals surface area contributed by atoms with Crippen LogP contribution in [0, 0.1) is 0 Å². The van der Waals surface area contributed by atoms with E-state index in [0.29, 0.717) is 12.1 Å². The number of carbonyl (C=O) groups is 2. The minimum atomic E-state index is -1.04. The van der Waals surface area contributed by atoms with Gasteiger partial charge in [0.1, 0.15) is 0 Å². The van der Waals surface area contributed by atoms with Gasteiger partial charge in [0.25, 0.3) is 5.91 Å². The van der Waals surface area contributed by atoms with Crippen molar-refractivity contribution >= 4 is 27.8 Å². The highest BCUT2D eigenvalue weighted by atomic mass is 79.9. The molecule has 5 nitrogen and oxygen atoms in total. The van der Waals surface area contributed by atoms with Gasteiger partial charge in [-0.05, 0) is 18.2 Å². The Hall–Kier alpha value is -1.40. The first-order valence-corrected chi connectivity index (χ1v) is 6.26. The molecule has 1 atom stereocenters. The number of benzene rings is 1. The van der Waals surface area contributed by atoms with Crippen LogP contribution < -0.4 is 0 Å². The Morgan fingerprint density at radius 3 is 2.89 bits per heavy atom. The summed E-state index contributed by atoms with van der Waals surface area (Å²) in [6.45, 7) is 0.743. The molecule has 0 bridgehead atoms. The van der Waals surface area contributed by atoms with Gasteiger partial charge in [0.05, 0.1) is 13.2 Å². The lowest BCUT2D eigenvalue weighted by Gasteiger charge is -2.30. The fourth-order valence-electron chi connectivity index (χ4n) is 1.79. The van der Waals surface area contributed by atoms with Crippen molar-refractivity contribution in [3.8, 4) is 0 Å². The van der Waals surface area contributed by atoms with Gasteiger partial charge in [0.15, 0.2) is 6.10 Å². The van der Waals surface area contributed by atoms with Crippen molar-refractivity contribution in [3.63, 3.8) is 0 Å².